The topological polar surface area (TPSA) is 73.2 Å². The Kier molecular flexibility index (Phi) is 6.27. The molecule has 0 bridgehead atoms. The van der Waals surface area contributed by atoms with E-state index in [0.717, 1.165) is 25.0 Å². The molecule has 2 aromatic carbocycles. The van der Waals surface area contributed by atoms with Gasteiger partial charge in [0.05, 0.1) is 29.3 Å². The first-order valence-corrected chi connectivity index (χ1v) is 10.7. The van der Waals surface area contributed by atoms with E-state index in [0.29, 0.717) is 29.1 Å². The first kappa shape index (κ1) is 19.7. The van der Waals surface area contributed by atoms with Crippen molar-refractivity contribution in [1.29, 1.82) is 0 Å². The Morgan fingerprint density at radius 2 is 1.97 bits per heavy atom. The van der Waals surface area contributed by atoms with Crippen molar-refractivity contribution in [2.75, 3.05) is 12.4 Å². The normalized spacial score (nSPS) is 16.2. The molecule has 3 aromatic rings. The number of carbonyl (C=O) groups is 1. The summed E-state index contributed by atoms with van der Waals surface area (Å²) in [7, 11) is 0. The summed E-state index contributed by atoms with van der Waals surface area (Å²) < 4.78 is 7.38. The van der Waals surface area contributed by atoms with Gasteiger partial charge in [-0.25, -0.2) is 4.98 Å². The molecule has 0 radical (unpaired) electrons. The van der Waals surface area contributed by atoms with Crippen molar-refractivity contribution < 1.29 is 9.53 Å². The van der Waals surface area contributed by atoms with Crippen LogP contribution in [0.15, 0.2) is 64.5 Å². The molecule has 0 saturated carbocycles. The van der Waals surface area contributed by atoms with Crippen molar-refractivity contribution >= 4 is 28.6 Å². The van der Waals surface area contributed by atoms with Gasteiger partial charge in [0.1, 0.15) is 0 Å². The molecule has 0 aliphatic carbocycles. The first-order valence-electron chi connectivity index (χ1n) is 9.75. The third-order valence-electron chi connectivity index (χ3n) is 4.90. The second kappa shape index (κ2) is 9.24. The minimum Gasteiger partial charge on any atom is -0.376 e. The number of thioether (sulfide) groups is 1. The van der Waals surface area contributed by atoms with Crippen molar-refractivity contribution in [3.8, 4) is 0 Å². The standard InChI is InChI=1S/C22H23N3O3S/c26-20(23-13-16-7-2-1-3-8-16)15-29-22-24-19-11-5-4-10-18(19)21(27)25(22)14-17-9-6-12-28-17/h1-5,7-8,10-11,17H,6,9,12-15H2,(H,23,26)/t17-/m0/s1. The van der Waals surface area contributed by atoms with Crippen LogP contribution in [0.2, 0.25) is 0 Å². The number of carbonyl (C=O) groups excluding carboxylic acids is 1. The summed E-state index contributed by atoms with van der Waals surface area (Å²) in [6, 6.07) is 17.1. The van der Waals surface area contributed by atoms with Gasteiger partial charge < -0.3 is 10.1 Å². The maximum atomic E-state index is 13.0. The van der Waals surface area contributed by atoms with Gasteiger partial charge in [-0.1, -0.05) is 54.2 Å². The average molecular weight is 410 g/mol. The third kappa shape index (κ3) is 4.86. The zero-order valence-corrected chi connectivity index (χ0v) is 16.9. The van der Waals surface area contributed by atoms with E-state index in [9.17, 15) is 9.59 Å². The van der Waals surface area contributed by atoms with Crippen molar-refractivity contribution in [1.82, 2.24) is 14.9 Å². The predicted molar refractivity (Wildman–Crippen MR) is 114 cm³/mol. The van der Waals surface area contributed by atoms with Crippen LogP contribution in [0.4, 0.5) is 0 Å². The van der Waals surface area contributed by atoms with Crippen LogP contribution in [0.1, 0.15) is 18.4 Å². The molecular formula is C22H23N3O3S. The summed E-state index contributed by atoms with van der Waals surface area (Å²) in [6.45, 7) is 1.67. The van der Waals surface area contributed by atoms with Crippen LogP contribution in [-0.4, -0.2) is 33.9 Å². The largest absolute Gasteiger partial charge is 0.376 e. The SMILES string of the molecule is O=C(CSc1nc2ccccc2c(=O)n1C[C@@H]1CCCO1)NCc1ccccc1. The highest BCUT2D eigenvalue weighted by Gasteiger charge is 2.20. The molecule has 2 heterocycles. The van der Waals surface area contributed by atoms with Gasteiger partial charge >= 0.3 is 0 Å². The summed E-state index contributed by atoms with van der Waals surface area (Å²) in [6.07, 6.45) is 1.95. The fraction of sp³-hybridized carbons (Fsp3) is 0.318. The fourth-order valence-corrected chi connectivity index (χ4v) is 4.23. The minimum absolute atomic E-state index is 0.0157. The molecule has 1 saturated heterocycles. The number of para-hydroxylation sites is 1. The van der Waals surface area contributed by atoms with Gasteiger partial charge in [0.2, 0.25) is 5.91 Å². The van der Waals surface area contributed by atoms with Gasteiger partial charge in [-0.15, -0.1) is 0 Å². The Labute approximate surface area is 173 Å². The highest BCUT2D eigenvalue weighted by atomic mass is 32.2. The summed E-state index contributed by atoms with van der Waals surface area (Å²) in [5, 5.41) is 4.06. The molecule has 4 rings (SSSR count). The van der Waals surface area contributed by atoms with E-state index < -0.39 is 0 Å². The smallest absolute Gasteiger partial charge is 0.262 e. The summed E-state index contributed by atoms with van der Waals surface area (Å²) in [5.74, 6) is 0.105. The van der Waals surface area contributed by atoms with Crippen LogP contribution >= 0.6 is 11.8 Å². The molecule has 1 fully saturated rings. The number of amides is 1. The highest BCUT2D eigenvalue weighted by molar-refractivity contribution is 7.99. The zero-order valence-electron chi connectivity index (χ0n) is 16.0. The van der Waals surface area contributed by atoms with Crippen LogP contribution in [0, 0.1) is 0 Å². The predicted octanol–water partition coefficient (Wildman–Crippen LogP) is 2.98. The molecule has 7 heteroatoms. The van der Waals surface area contributed by atoms with Gasteiger partial charge in [-0.2, -0.15) is 0 Å². The van der Waals surface area contributed by atoms with Crippen molar-refractivity contribution in [3.05, 3.63) is 70.5 Å². The van der Waals surface area contributed by atoms with Crippen LogP contribution in [0.5, 0.6) is 0 Å². The van der Waals surface area contributed by atoms with E-state index in [1.807, 2.05) is 48.5 Å². The lowest BCUT2D eigenvalue weighted by molar-refractivity contribution is -0.118. The monoisotopic (exact) mass is 409 g/mol. The molecule has 1 amide bonds. The van der Waals surface area contributed by atoms with E-state index in [-0.39, 0.29) is 23.3 Å². The summed E-state index contributed by atoms with van der Waals surface area (Å²) >= 11 is 1.29. The van der Waals surface area contributed by atoms with Gasteiger partial charge in [-0.3, -0.25) is 14.2 Å². The first-order chi connectivity index (χ1) is 14.2. The Bertz CT molecular complexity index is 1050. The molecule has 1 N–H and O–H groups in total. The fourth-order valence-electron chi connectivity index (χ4n) is 3.39. The minimum atomic E-state index is -0.0927. The Balaban J connectivity index is 1.50. The number of aromatic nitrogens is 2. The molecule has 29 heavy (non-hydrogen) atoms. The lowest BCUT2D eigenvalue weighted by Gasteiger charge is -2.16. The number of nitrogens with one attached hydrogen (secondary N) is 1. The molecule has 150 valence electrons. The quantitative estimate of drug-likeness (QED) is 0.480. The molecule has 0 unspecified atom stereocenters. The number of fused-ring (bicyclic) bond motifs is 1. The number of hydrogen-bond donors (Lipinski definition) is 1. The van der Waals surface area contributed by atoms with Crippen molar-refractivity contribution in [2.45, 2.75) is 37.2 Å². The van der Waals surface area contributed by atoms with Crippen molar-refractivity contribution in [2.24, 2.45) is 0 Å². The molecule has 0 spiro atoms. The Morgan fingerprint density at radius 3 is 2.76 bits per heavy atom. The van der Waals surface area contributed by atoms with Gasteiger partial charge in [0.25, 0.3) is 5.56 Å². The van der Waals surface area contributed by atoms with E-state index in [2.05, 4.69) is 10.3 Å². The lowest BCUT2D eigenvalue weighted by atomic mass is 10.2. The molecule has 6 nitrogen and oxygen atoms in total. The van der Waals surface area contributed by atoms with Crippen molar-refractivity contribution in [3.63, 3.8) is 0 Å². The second-order valence-electron chi connectivity index (χ2n) is 7.01. The molecule has 1 atom stereocenters. The molecule has 1 aliphatic rings. The van der Waals surface area contributed by atoms with E-state index in [1.54, 1.807) is 10.6 Å². The number of ether oxygens (including phenoxy) is 1. The summed E-state index contributed by atoms with van der Waals surface area (Å²) in [4.78, 5) is 30.0. The maximum Gasteiger partial charge on any atom is 0.262 e. The van der Waals surface area contributed by atoms with Crippen LogP contribution in [0.3, 0.4) is 0 Å². The molecule has 1 aliphatic heterocycles. The number of benzene rings is 2. The average Bonchev–Trinajstić information content (AvgIpc) is 3.27. The van der Waals surface area contributed by atoms with Crippen LogP contribution < -0.4 is 10.9 Å². The highest BCUT2D eigenvalue weighted by Crippen LogP contribution is 2.21. The van der Waals surface area contributed by atoms with Gasteiger partial charge in [0, 0.05) is 13.2 Å². The van der Waals surface area contributed by atoms with Gasteiger partial charge in [0.15, 0.2) is 5.16 Å². The Morgan fingerprint density at radius 1 is 1.17 bits per heavy atom. The van der Waals surface area contributed by atoms with E-state index in [1.165, 1.54) is 11.8 Å². The Hall–Kier alpha value is -2.64. The van der Waals surface area contributed by atoms with Crippen LogP contribution in [0.25, 0.3) is 10.9 Å². The maximum absolute atomic E-state index is 13.0. The van der Waals surface area contributed by atoms with E-state index >= 15 is 0 Å². The van der Waals surface area contributed by atoms with Gasteiger partial charge in [-0.05, 0) is 30.5 Å². The zero-order chi connectivity index (χ0) is 20.1. The number of hydrogen-bond acceptors (Lipinski definition) is 5. The lowest BCUT2D eigenvalue weighted by Crippen LogP contribution is -2.30. The second-order valence-corrected chi connectivity index (χ2v) is 7.96. The molecule has 1 aromatic heterocycles. The molecular weight excluding hydrogens is 386 g/mol. The van der Waals surface area contributed by atoms with E-state index in [4.69, 9.17) is 4.74 Å². The summed E-state index contributed by atoms with van der Waals surface area (Å²) in [5.41, 5.74) is 1.61. The number of nitrogens with zero attached hydrogens (tertiary/aromatic N) is 2. The number of rotatable bonds is 7. The van der Waals surface area contributed by atoms with Crippen LogP contribution in [-0.2, 0) is 22.6 Å². The third-order valence-corrected chi connectivity index (χ3v) is 5.88.